The molecule has 2 atom stereocenters. The number of ether oxygens (including phenoxy) is 1. The minimum atomic E-state index is -0.157. The summed E-state index contributed by atoms with van der Waals surface area (Å²) >= 11 is 1.52. The molecule has 6 heteroatoms. The Kier molecular flexibility index (Phi) is 4.54. The van der Waals surface area contributed by atoms with E-state index in [2.05, 4.69) is 15.2 Å². The summed E-state index contributed by atoms with van der Waals surface area (Å²) < 4.78 is 5.49. The third-order valence-corrected chi connectivity index (χ3v) is 4.45. The molecular weight excluding hydrogens is 262 g/mol. The smallest absolute Gasteiger partial charge is 0.243 e. The fourth-order valence-corrected chi connectivity index (χ4v) is 2.92. The van der Waals surface area contributed by atoms with Crippen LogP contribution in [0.4, 0.5) is 5.13 Å². The zero-order chi connectivity index (χ0) is 14.0. The number of aromatic nitrogens is 1. The standard InChI is InChI=1S/C13H21N3O2S/c1-8-7-16(5-6-18-8)10(3)12(17)15-13-14-9(2)11(4)19-13/h8,10H,5-7H2,1-4H3,(H,14,15,17)/t8-,10-/m0/s1. The van der Waals surface area contributed by atoms with Crippen molar-refractivity contribution in [3.8, 4) is 0 Å². The fraction of sp³-hybridized carbons (Fsp3) is 0.692. The number of hydrogen-bond acceptors (Lipinski definition) is 5. The van der Waals surface area contributed by atoms with Gasteiger partial charge in [-0.25, -0.2) is 4.98 Å². The van der Waals surface area contributed by atoms with Gasteiger partial charge in [0.05, 0.1) is 24.4 Å². The van der Waals surface area contributed by atoms with Gasteiger partial charge in [0.25, 0.3) is 0 Å². The highest BCUT2D eigenvalue weighted by Gasteiger charge is 2.26. The van der Waals surface area contributed by atoms with Crippen LogP contribution in [0.1, 0.15) is 24.4 Å². The first-order chi connectivity index (χ1) is 8.97. The number of carbonyl (C=O) groups excluding carboxylic acids is 1. The van der Waals surface area contributed by atoms with Crippen LogP contribution < -0.4 is 5.32 Å². The van der Waals surface area contributed by atoms with Crippen molar-refractivity contribution < 1.29 is 9.53 Å². The summed E-state index contributed by atoms with van der Waals surface area (Å²) in [7, 11) is 0. The molecular formula is C13H21N3O2S. The van der Waals surface area contributed by atoms with Crippen LogP contribution in [0, 0.1) is 13.8 Å². The second-order valence-corrected chi connectivity index (χ2v) is 6.21. The van der Waals surface area contributed by atoms with Crippen molar-refractivity contribution in [2.24, 2.45) is 0 Å². The monoisotopic (exact) mass is 283 g/mol. The molecule has 0 unspecified atom stereocenters. The molecule has 5 nitrogen and oxygen atoms in total. The van der Waals surface area contributed by atoms with E-state index in [-0.39, 0.29) is 18.1 Å². The van der Waals surface area contributed by atoms with E-state index in [0.29, 0.717) is 11.7 Å². The van der Waals surface area contributed by atoms with E-state index in [1.54, 1.807) is 0 Å². The quantitative estimate of drug-likeness (QED) is 0.919. The van der Waals surface area contributed by atoms with Crippen molar-refractivity contribution in [1.29, 1.82) is 0 Å². The van der Waals surface area contributed by atoms with Crippen LogP contribution in [-0.4, -0.2) is 47.6 Å². The van der Waals surface area contributed by atoms with E-state index in [1.807, 2.05) is 27.7 Å². The van der Waals surface area contributed by atoms with Gasteiger partial charge in [0.1, 0.15) is 0 Å². The van der Waals surface area contributed by atoms with Crippen molar-refractivity contribution >= 4 is 22.4 Å². The predicted molar refractivity (Wildman–Crippen MR) is 76.7 cm³/mol. The molecule has 2 heterocycles. The van der Waals surface area contributed by atoms with E-state index in [4.69, 9.17) is 4.74 Å². The van der Waals surface area contributed by atoms with Gasteiger partial charge in [-0.05, 0) is 27.7 Å². The van der Waals surface area contributed by atoms with E-state index < -0.39 is 0 Å². The number of rotatable bonds is 3. The summed E-state index contributed by atoms with van der Waals surface area (Å²) in [5, 5.41) is 3.59. The average Bonchev–Trinajstić information content (AvgIpc) is 2.67. The van der Waals surface area contributed by atoms with Crippen molar-refractivity contribution in [2.45, 2.75) is 39.8 Å². The number of carbonyl (C=O) groups is 1. The molecule has 1 N–H and O–H groups in total. The fourth-order valence-electron chi connectivity index (χ4n) is 2.10. The second-order valence-electron chi connectivity index (χ2n) is 5.00. The number of aryl methyl sites for hydroxylation is 2. The van der Waals surface area contributed by atoms with Crippen LogP contribution in [0.3, 0.4) is 0 Å². The molecule has 0 radical (unpaired) electrons. The largest absolute Gasteiger partial charge is 0.376 e. The highest BCUT2D eigenvalue weighted by molar-refractivity contribution is 7.15. The number of hydrogen-bond donors (Lipinski definition) is 1. The van der Waals surface area contributed by atoms with Gasteiger partial charge in [0, 0.05) is 18.0 Å². The lowest BCUT2D eigenvalue weighted by Crippen LogP contribution is -2.50. The minimum absolute atomic E-state index is 0.00264. The summed E-state index contributed by atoms with van der Waals surface area (Å²) in [6.07, 6.45) is 0.188. The van der Waals surface area contributed by atoms with E-state index in [1.165, 1.54) is 11.3 Å². The Bertz CT molecular complexity index is 441. The first-order valence-corrected chi connectivity index (χ1v) is 7.39. The molecule has 1 aliphatic rings. The van der Waals surface area contributed by atoms with Crippen molar-refractivity contribution in [2.75, 3.05) is 25.0 Å². The van der Waals surface area contributed by atoms with Crippen LogP contribution in [-0.2, 0) is 9.53 Å². The molecule has 19 heavy (non-hydrogen) atoms. The minimum Gasteiger partial charge on any atom is -0.376 e. The third kappa shape index (κ3) is 3.52. The summed E-state index contributed by atoms with van der Waals surface area (Å²) in [6, 6.07) is -0.157. The number of nitrogens with one attached hydrogen (secondary N) is 1. The molecule has 0 aromatic carbocycles. The Labute approximate surface area is 118 Å². The lowest BCUT2D eigenvalue weighted by Gasteiger charge is -2.34. The van der Waals surface area contributed by atoms with Gasteiger partial charge in [-0.15, -0.1) is 11.3 Å². The van der Waals surface area contributed by atoms with Crippen LogP contribution in [0.15, 0.2) is 0 Å². The second kappa shape index (κ2) is 5.98. The van der Waals surface area contributed by atoms with Crippen LogP contribution in [0.5, 0.6) is 0 Å². The first-order valence-electron chi connectivity index (χ1n) is 6.58. The normalized spacial score (nSPS) is 22.2. The first kappa shape index (κ1) is 14.4. The molecule has 1 fully saturated rings. The van der Waals surface area contributed by atoms with Crippen molar-refractivity contribution in [1.82, 2.24) is 9.88 Å². The highest BCUT2D eigenvalue weighted by atomic mass is 32.1. The van der Waals surface area contributed by atoms with Gasteiger partial charge in [0.2, 0.25) is 5.91 Å². The molecule has 0 saturated carbocycles. The number of morpholine rings is 1. The van der Waals surface area contributed by atoms with Gasteiger partial charge >= 0.3 is 0 Å². The lowest BCUT2D eigenvalue weighted by molar-refractivity contribution is -0.123. The van der Waals surface area contributed by atoms with Crippen LogP contribution in [0.25, 0.3) is 0 Å². The van der Waals surface area contributed by atoms with Crippen LogP contribution >= 0.6 is 11.3 Å². The maximum absolute atomic E-state index is 12.2. The molecule has 0 spiro atoms. The Hall–Kier alpha value is -0.980. The van der Waals surface area contributed by atoms with E-state index in [9.17, 15) is 4.79 Å². The summed E-state index contributed by atoms with van der Waals surface area (Å²) in [5.74, 6) is 0.00264. The zero-order valence-electron chi connectivity index (χ0n) is 11.9. The molecule has 1 saturated heterocycles. The zero-order valence-corrected chi connectivity index (χ0v) is 12.7. The van der Waals surface area contributed by atoms with Gasteiger partial charge in [-0.3, -0.25) is 9.69 Å². The maximum Gasteiger partial charge on any atom is 0.243 e. The Morgan fingerprint density at radius 3 is 2.89 bits per heavy atom. The molecule has 0 aliphatic carbocycles. The predicted octanol–water partition coefficient (Wildman–Crippen LogP) is 1.81. The number of nitrogens with zero attached hydrogens (tertiary/aromatic N) is 2. The maximum atomic E-state index is 12.2. The van der Waals surface area contributed by atoms with Gasteiger partial charge < -0.3 is 10.1 Å². The van der Waals surface area contributed by atoms with Crippen molar-refractivity contribution in [3.63, 3.8) is 0 Å². The molecule has 0 bridgehead atoms. The Morgan fingerprint density at radius 2 is 2.32 bits per heavy atom. The number of anilines is 1. The Balaban J connectivity index is 1.95. The summed E-state index contributed by atoms with van der Waals surface area (Å²) in [5.41, 5.74) is 0.980. The number of amides is 1. The average molecular weight is 283 g/mol. The van der Waals surface area contributed by atoms with E-state index in [0.717, 1.165) is 23.7 Å². The lowest BCUT2D eigenvalue weighted by atomic mass is 10.2. The summed E-state index contributed by atoms with van der Waals surface area (Å²) in [4.78, 5) is 19.8. The Morgan fingerprint density at radius 1 is 1.58 bits per heavy atom. The van der Waals surface area contributed by atoms with Gasteiger partial charge in [0.15, 0.2) is 5.13 Å². The molecule has 1 amide bonds. The topological polar surface area (TPSA) is 54.5 Å². The van der Waals surface area contributed by atoms with Gasteiger partial charge in [-0.2, -0.15) is 0 Å². The summed E-state index contributed by atoms with van der Waals surface area (Å²) in [6.45, 7) is 10.2. The van der Waals surface area contributed by atoms with Gasteiger partial charge in [-0.1, -0.05) is 0 Å². The molecule has 106 valence electrons. The van der Waals surface area contributed by atoms with Crippen LogP contribution in [0.2, 0.25) is 0 Å². The molecule has 1 aromatic heterocycles. The highest BCUT2D eigenvalue weighted by Crippen LogP contribution is 2.21. The van der Waals surface area contributed by atoms with E-state index >= 15 is 0 Å². The van der Waals surface area contributed by atoms with Crippen molar-refractivity contribution in [3.05, 3.63) is 10.6 Å². The third-order valence-electron chi connectivity index (χ3n) is 3.46. The molecule has 1 aromatic rings. The SMILES string of the molecule is Cc1nc(NC(=O)[C@H](C)N2CCO[C@@H](C)C2)sc1C. The molecule has 1 aliphatic heterocycles. The number of thiazole rings is 1. The molecule has 2 rings (SSSR count).